The molecule has 0 amide bonds. The summed E-state index contributed by atoms with van der Waals surface area (Å²) in [7, 11) is 1.52. The van der Waals surface area contributed by atoms with Crippen LogP contribution in [-0.4, -0.2) is 21.6 Å². The van der Waals surface area contributed by atoms with Gasteiger partial charge in [0.05, 0.1) is 40.3 Å². The number of methoxy groups -OCH3 is 1. The average Bonchev–Trinajstić information content (AvgIpc) is 2.83. The Balaban J connectivity index is 1.92. The Morgan fingerprint density at radius 2 is 1.88 bits per heavy atom. The number of nitro benzene ring substituents is 1. The summed E-state index contributed by atoms with van der Waals surface area (Å²) in [5.41, 5.74) is 1.73. The van der Waals surface area contributed by atoms with Crippen LogP contribution in [0, 0.1) is 21.4 Å². The summed E-state index contributed by atoms with van der Waals surface area (Å²) in [4.78, 5) is 28.6. The lowest BCUT2D eigenvalue weighted by Crippen LogP contribution is -2.22. The Kier molecular flexibility index (Phi) is 5.47. The summed E-state index contributed by atoms with van der Waals surface area (Å²) >= 11 is 0. The zero-order chi connectivity index (χ0) is 22.7. The maximum absolute atomic E-state index is 13.4. The fourth-order valence-electron chi connectivity index (χ4n) is 3.27. The van der Waals surface area contributed by atoms with E-state index in [0.717, 1.165) is 0 Å². The molecule has 0 atom stereocenters. The molecule has 3 aromatic carbocycles. The third kappa shape index (κ3) is 3.95. The molecule has 4 rings (SSSR count). The molecular weight excluding hydrogens is 408 g/mol. The van der Waals surface area contributed by atoms with Crippen molar-refractivity contribution in [3.63, 3.8) is 0 Å². The number of ether oxygens (including phenoxy) is 1. The first-order valence-electron chi connectivity index (χ1n) is 9.54. The Labute approximate surface area is 182 Å². The second kappa shape index (κ2) is 8.53. The molecule has 0 saturated heterocycles. The molecule has 0 aliphatic carbocycles. The SMILES string of the molecule is COc1ccc2nc(/C=C/c3cccc([N+](=O)[O-])c3)n(-c3ccc(C#N)cc3)c(=O)c2c1. The molecule has 0 aliphatic rings. The number of aromatic nitrogens is 2. The van der Waals surface area contributed by atoms with Crippen LogP contribution in [0.3, 0.4) is 0 Å². The molecule has 1 heterocycles. The zero-order valence-electron chi connectivity index (χ0n) is 16.9. The molecule has 4 aromatic rings. The first kappa shape index (κ1) is 20.5. The third-order valence-electron chi connectivity index (χ3n) is 4.86. The van der Waals surface area contributed by atoms with Gasteiger partial charge in [-0.1, -0.05) is 18.2 Å². The second-order valence-corrected chi connectivity index (χ2v) is 6.84. The Bertz CT molecular complexity index is 1460. The van der Waals surface area contributed by atoms with E-state index in [2.05, 4.69) is 11.1 Å². The van der Waals surface area contributed by atoms with Crippen LogP contribution >= 0.6 is 0 Å². The summed E-state index contributed by atoms with van der Waals surface area (Å²) in [6.07, 6.45) is 3.28. The molecular formula is C24H16N4O4. The summed E-state index contributed by atoms with van der Waals surface area (Å²) in [5.74, 6) is 0.867. The summed E-state index contributed by atoms with van der Waals surface area (Å²) < 4.78 is 6.67. The van der Waals surface area contributed by atoms with Crippen LogP contribution in [0.25, 0.3) is 28.7 Å². The highest BCUT2D eigenvalue weighted by Crippen LogP contribution is 2.21. The van der Waals surface area contributed by atoms with E-state index in [0.29, 0.717) is 39.3 Å². The Morgan fingerprint density at radius 1 is 1.09 bits per heavy atom. The molecule has 32 heavy (non-hydrogen) atoms. The van der Waals surface area contributed by atoms with Gasteiger partial charge in [-0.2, -0.15) is 5.26 Å². The summed E-state index contributed by atoms with van der Waals surface area (Å²) in [6, 6.07) is 19.8. The smallest absolute Gasteiger partial charge is 0.270 e. The van der Waals surface area contributed by atoms with Crippen molar-refractivity contribution in [1.82, 2.24) is 9.55 Å². The standard InChI is InChI=1S/C24H16N4O4/c1-32-20-10-11-22-21(14-20)24(29)27(18-8-5-17(15-25)6-9-18)23(26-22)12-7-16-3-2-4-19(13-16)28(30)31/h2-14H,1H3/b12-7+. The highest BCUT2D eigenvalue weighted by atomic mass is 16.6. The fraction of sp³-hybridized carbons (Fsp3) is 0.0417. The number of hydrogen-bond donors (Lipinski definition) is 0. The van der Waals surface area contributed by atoms with Gasteiger partial charge in [0.1, 0.15) is 11.6 Å². The number of rotatable bonds is 5. The van der Waals surface area contributed by atoms with E-state index in [1.165, 1.54) is 23.8 Å². The van der Waals surface area contributed by atoms with Crippen molar-refractivity contribution in [3.8, 4) is 17.5 Å². The second-order valence-electron chi connectivity index (χ2n) is 6.84. The van der Waals surface area contributed by atoms with Crippen molar-refractivity contribution in [3.05, 3.63) is 104 Å². The Morgan fingerprint density at radius 3 is 2.56 bits per heavy atom. The molecule has 156 valence electrons. The van der Waals surface area contributed by atoms with E-state index in [4.69, 9.17) is 10.00 Å². The van der Waals surface area contributed by atoms with E-state index in [9.17, 15) is 14.9 Å². The molecule has 0 bridgehead atoms. The van der Waals surface area contributed by atoms with Gasteiger partial charge in [0.15, 0.2) is 0 Å². The van der Waals surface area contributed by atoms with Gasteiger partial charge in [0.25, 0.3) is 11.2 Å². The maximum Gasteiger partial charge on any atom is 0.270 e. The lowest BCUT2D eigenvalue weighted by atomic mass is 10.1. The van der Waals surface area contributed by atoms with Gasteiger partial charge in [-0.25, -0.2) is 4.98 Å². The van der Waals surface area contributed by atoms with Crippen LogP contribution in [0.15, 0.2) is 71.5 Å². The molecule has 8 nitrogen and oxygen atoms in total. The van der Waals surface area contributed by atoms with E-state index < -0.39 is 4.92 Å². The van der Waals surface area contributed by atoms with E-state index >= 15 is 0 Å². The average molecular weight is 424 g/mol. The van der Waals surface area contributed by atoms with Crippen LogP contribution < -0.4 is 10.3 Å². The molecule has 8 heteroatoms. The molecule has 0 fully saturated rings. The van der Waals surface area contributed by atoms with Gasteiger partial charge < -0.3 is 4.74 Å². The van der Waals surface area contributed by atoms with Gasteiger partial charge in [-0.05, 0) is 54.1 Å². The van der Waals surface area contributed by atoms with Crippen LogP contribution in [0.4, 0.5) is 5.69 Å². The molecule has 1 aromatic heterocycles. The minimum absolute atomic E-state index is 0.0322. The lowest BCUT2D eigenvalue weighted by molar-refractivity contribution is -0.384. The minimum Gasteiger partial charge on any atom is -0.497 e. The molecule has 0 radical (unpaired) electrons. The molecule has 0 saturated carbocycles. The van der Waals surface area contributed by atoms with Crippen LogP contribution in [-0.2, 0) is 0 Å². The quantitative estimate of drug-likeness (QED) is 0.348. The number of fused-ring (bicyclic) bond motifs is 1. The topological polar surface area (TPSA) is 111 Å². The molecule has 0 N–H and O–H groups in total. The highest BCUT2D eigenvalue weighted by Gasteiger charge is 2.13. The number of benzene rings is 3. The zero-order valence-corrected chi connectivity index (χ0v) is 16.9. The van der Waals surface area contributed by atoms with Crippen molar-refractivity contribution in [2.75, 3.05) is 7.11 Å². The lowest BCUT2D eigenvalue weighted by Gasteiger charge is -2.12. The number of non-ortho nitro benzene ring substituents is 1. The first-order chi connectivity index (χ1) is 15.5. The van der Waals surface area contributed by atoms with Crippen LogP contribution in [0.2, 0.25) is 0 Å². The van der Waals surface area contributed by atoms with Crippen molar-refractivity contribution in [1.29, 1.82) is 5.26 Å². The maximum atomic E-state index is 13.4. The van der Waals surface area contributed by atoms with Crippen molar-refractivity contribution < 1.29 is 9.66 Å². The van der Waals surface area contributed by atoms with Crippen LogP contribution in [0.1, 0.15) is 17.0 Å². The normalized spacial score (nSPS) is 10.9. The number of nitrogens with zero attached hydrogens (tertiary/aromatic N) is 4. The van der Waals surface area contributed by atoms with Crippen molar-refractivity contribution in [2.24, 2.45) is 0 Å². The van der Waals surface area contributed by atoms with Crippen molar-refractivity contribution in [2.45, 2.75) is 0 Å². The number of hydrogen-bond acceptors (Lipinski definition) is 6. The van der Waals surface area contributed by atoms with Crippen molar-refractivity contribution >= 4 is 28.7 Å². The largest absolute Gasteiger partial charge is 0.497 e. The van der Waals surface area contributed by atoms with Gasteiger partial charge >= 0.3 is 0 Å². The van der Waals surface area contributed by atoms with Gasteiger partial charge in [-0.15, -0.1) is 0 Å². The predicted octanol–water partition coefficient (Wildman–Crippen LogP) is 4.34. The molecule has 0 aliphatic heterocycles. The predicted molar refractivity (Wildman–Crippen MR) is 121 cm³/mol. The van der Waals surface area contributed by atoms with Gasteiger partial charge in [0, 0.05) is 12.1 Å². The van der Waals surface area contributed by atoms with E-state index in [1.54, 1.807) is 66.7 Å². The van der Waals surface area contributed by atoms with Gasteiger partial charge in [0.2, 0.25) is 0 Å². The first-order valence-corrected chi connectivity index (χ1v) is 9.54. The highest BCUT2D eigenvalue weighted by molar-refractivity contribution is 5.81. The monoisotopic (exact) mass is 424 g/mol. The van der Waals surface area contributed by atoms with E-state index in [1.807, 2.05) is 0 Å². The fourth-order valence-corrected chi connectivity index (χ4v) is 3.27. The van der Waals surface area contributed by atoms with Gasteiger partial charge in [-0.3, -0.25) is 19.5 Å². The van der Waals surface area contributed by atoms with Crippen LogP contribution in [0.5, 0.6) is 5.75 Å². The minimum atomic E-state index is -0.467. The number of nitriles is 1. The molecule has 0 unspecified atom stereocenters. The summed E-state index contributed by atoms with van der Waals surface area (Å²) in [5, 5.41) is 20.5. The summed E-state index contributed by atoms with van der Waals surface area (Å²) in [6.45, 7) is 0. The third-order valence-corrected chi connectivity index (χ3v) is 4.86. The van der Waals surface area contributed by atoms with E-state index in [-0.39, 0.29) is 11.2 Å². The molecule has 0 spiro atoms. The Hall–Kier alpha value is -4.77. The number of nitro groups is 1.